The zero-order valence-corrected chi connectivity index (χ0v) is 11.9. The van der Waals surface area contributed by atoms with Crippen molar-refractivity contribution in [2.45, 2.75) is 42.9 Å². The maximum absolute atomic E-state index is 12.2. The maximum Gasteiger partial charge on any atom is 0.329 e. The highest BCUT2D eigenvalue weighted by atomic mass is 32.2. The fourth-order valence-electron chi connectivity index (χ4n) is 2.68. The number of carboxylic acids is 1. The van der Waals surface area contributed by atoms with Gasteiger partial charge in [0.05, 0.1) is 5.75 Å². The van der Waals surface area contributed by atoms with E-state index in [9.17, 15) is 23.1 Å². The average Bonchev–Trinajstić information content (AvgIpc) is 2.38. The van der Waals surface area contributed by atoms with Crippen molar-refractivity contribution < 1.29 is 27.9 Å². The van der Waals surface area contributed by atoms with E-state index >= 15 is 0 Å². The van der Waals surface area contributed by atoms with Crippen LogP contribution in [0.5, 0.6) is 0 Å². The monoisotopic (exact) mass is 305 g/mol. The van der Waals surface area contributed by atoms with Gasteiger partial charge in [-0.3, -0.25) is 4.79 Å². The number of carboxylic acid groups (broad SMARTS) is 1. The van der Waals surface area contributed by atoms with Gasteiger partial charge in [0, 0.05) is 26.1 Å². The third-order valence-electron chi connectivity index (χ3n) is 3.99. The third-order valence-corrected chi connectivity index (χ3v) is 6.16. The Morgan fingerprint density at radius 2 is 1.85 bits per heavy atom. The molecule has 0 bridgehead atoms. The van der Waals surface area contributed by atoms with Crippen LogP contribution in [0, 0.1) is 0 Å². The van der Waals surface area contributed by atoms with E-state index in [-0.39, 0.29) is 38.2 Å². The van der Waals surface area contributed by atoms with Crippen LogP contribution in [0.25, 0.3) is 0 Å². The number of ether oxygens (including phenoxy) is 1. The summed E-state index contributed by atoms with van der Waals surface area (Å²) in [6, 6.07) is 0. The quantitative estimate of drug-likeness (QED) is 0.741. The Hall–Kier alpha value is -1.15. The molecular weight excluding hydrogens is 286 g/mol. The van der Waals surface area contributed by atoms with Crippen LogP contribution < -0.4 is 5.32 Å². The predicted octanol–water partition coefficient (Wildman–Crippen LogP) is -0.296. The minimum atomic E-state index is -3.46. The highest BCUT2D eigenvalue weighted by molar-refractivity contribution is 7.92. The van der Waals surface area contributed by atoms with E-state index < -0.39 is 32.5 Å². The Labute approximate surface area is 117 Å². The molecule has 1 atom stereocenters. The molecule has 2 aliphatic rings. The van der Waals surface area contributed by atoms with Crippen LogP contribution in [0.2, 0.25) is 0 Å². The summed E-state index contributed by atoms with van der Waals surface area (Å²) in [5, 5.41) is 10.7. The summed E-state index contributed by atoms with van der Waals surface area (Å²) < 4.78 is 28.9. The molecule has 0 radical (unpaired) electrons. The first-order valence-corrected chi connectivity index (χ1v) is 8.44. The van der Waals surface area contributed by atoms with Crippen LogP contribution >= 0.6 is 0 Å². The van der Waals surface area contributed by atoms with Crippen molar-refractivity contribution in [3.63, 3.8) is 0 Å². The molecule has 20 heavy (non-hydrogen) atoms. The molecule has 2 saturated heterocycles. The van der Waals surface area contributed by atoms with Gasteiger partial charge in [0.2, 0.25) is 5.91 Å². The molecule has 0 aromatic rings. The van der Waals surface area contributed by atoms with Crippen molar-refractivity contribution in [2.75, 3.05) is 19.0 Å². The van der Waals surface area contributed by atoms with Gasteiger partial charge in [-0.2, -0.15) is 0 Å². The van der Waals surface area contributed by atoms with E-state index in [0.29, 0.717) is 12.8 Å². The standard InChI is InChI=1S/C12H19NO6S/c14-10(9-3-1-2-8-20(9,17)18)13-12(11(15)16)4-6-19-7-5-12/h9H,1-8H2,(H,13,14)(H,15,16). The van der Waals surface area contributed by atoms with Gasteiger partial charge in [-0.1, -0.05) is 6.42 Å². The van der Waals surface area contributed by atoms with Crippen molar-refractivity contribution in [3.05, 3.63) is 0 Å². The van der Waals surface area contributed by atoms with Crippen LogP contribution in [0.15, 0.2) is 0 Å². The molecule has 0 saturated carbocycles. The number of carbonyl (C=O) groups is 2. The Bertz CT molecular complexity index is 494. The highest BCUT2D eigenvalue weighted by Crippen LogP contribution is 2.24. The van der Waals surface area contributed by atoms with Crippen molar-refractivity contribution in [1.29, 1.82) is 0 Å². The zero-order valence-electron chi connectivity index (χ0n) is 11.1. The summed E-state index contributed by atoms with van der Waals surface area (Å²) in [7, 11) is -3.46. The number of sulfone groups is 1. The topological polar surface area (TPSA) is 110 Å². The van der Waals surface area contributed by atoms with Gasteiger partial charge in [-0.05, 0) is 12.8 Å². The SMILES string of the molecule is O=C(NC1(C(=O)O)CCOCC1)C1CCCCS1(=O)=O. The summed E-state index contributed by atoms with van der Waals surface area (Å²) in [5.41, 5.74) is -1.40. The number of rotatable bonds is 3. The van der Waals surface area contributed by atoms with Crippen molar-refractivity contribution in [3.8, 4) is 0 Å². The molecule has 8 heteroatoms. The first-order valence-electron chi connectivity index (χ1n) is 6.72. The molecule has 0 aromatic carbocycles. The van der Waals surface area contributed by atoms with E-state index in [1.807, 2.05) is 0 Å². The summed E-state index contributed by atoms with van der Waals surface area (Å²) in [6.07, 6.45) is 1.80. The lowest BCUT2D eigenvalue weighted by Crippen LogP contribution is -2.60. The molecule has 2 N–H and O–H groups in total. The maximum atomic E-state index is 12.2. The summed E-state index contributed by atoms with van der Waals surface area (Å²) >= 11 is 0. The molecular formula is C12H19NO6S. The second-order valence-electron chi connectivity index (χ2n) is 5.34. The lowest BCUT2D eigenvalue weighted by atomic mass is 9.90. The molecule has 2 rings (SSSR count). The van der Waals surface area contributed by atoms with E-state index in [4.69, 9.17) is 4.74 Å². The highest BCUT2D eigenvalue weighted by Gasteiger charge is 2.45. The molecule has 0 spiro atoms. The van der Waals surface area contributed by atoms with E-state index in [1.54, 1.807) is 0 Å². The first-order chi connectivity index (χ1) is 9.37. The summed E-state index contributed by atoms with van der Waals surface area (Å²) in [5.74, 6) is -1.83. The molecule has 114 valence electrons. The molecule has 0 aliphatic carbocycles. The average molecular weight is 305 g/mol. The zero-order chi connectivity index (χ0) is 14.8. The van der Waals surface area contributed by atoms with Crippen LogP contribution in [0.1, 0.15) is 32.1 Å². The van der Waals surface area contributed by atoms with E-state index in [1.165, 1.54) is 0 Å². The minimum absolute atomic E-state index is 0.00569. The van der Waals surface area contributed by atoms with Crippen LogP contribution in [0.4, 0.5) is 0 Å². The van der Waals surface area contributed by atoms with Gasteiger partial charge in [0.1, 0.15) is 10.8 Å². The Kier molecular flexibility index (Phi) is 4.33. The van der Waals surface area contributed by atoms with Gasteiger partial charge < -0.3 is 15.2 Å². The third kappa shape index (κ3) is 2.95. The molecule has 2 heterocycles. The van der Waals surface area contributed by atoms with Gasteiger partial charge in [0.15, 0.2) is 9.84 Å². The molecule has 1 amide bonds. The van der Waals surface area contributed by atoms with E-state index in [2.05, 4.69) is 5.32 Å². The number of amides is 1. The number of hydrogen-bond acceptors (Lipinski definition) is 5. The van der Waals surface area contributed by atoms with Gasteiger partial charge in [-0.25, -0.2) is 13.2 Å². The summed E-state index contributed by atoms with van der Waals surface area (Å²) in [4.78, 5) is 23.6. The lowest BCUT2D eigenvalue weighted by Gasteiger charge is -2.35. The number of carbonyl (C=O) groups excluding carboxylic acids is 1. The number of nitrogens with one attached hydrogen (secondary N) is 1. The number of hydrogen-bond donors (Lipinski definition) is 2. The fraction of sp³-hybridized carbons (Fsp3) is 0.833. The molecule has 7 nitrogen and oxygen atoms in total. The van der Waals surface area contributed by atoms with Crippen molar-refractivity contribution in [1.82, 2.24) is 5.32 Å². The number of aliphatic carboxylic acids is 1. The van der Waals surface area contributed by atoms with Crippen LogP contribution in [-0.2, 0) is 24.2 Å². The second kappa shape index (κ2) is 5.69. The fourth-order valence-corrected chi connectivity index (χ4v) is 4.48. The molecule has 2 aliphatic heterocycles. The smallest absolute Gasteiger partial charge is 0.329 e. The Morgan fingerprint density at radius 1 is 1.20 bits per heavy atom. The molecule has 0 aromatic heterocycles. The van der Waals surface area contributed by atoms with Crippen LogP contribution in [-0.4, -0.2) is 55.2 Å². The first kappa shape index (κ1) is 15.2. The van der Waals surface area contributed by atoms with Gasteiger partial charge in [0.25, 0.3) is 0 Å². The normalized spacial score (nSPS) is 28.5. The minimum Gasteiger partial charge on any atom is -0.480 e. The predicted molar refractivity (Wildman–Crippen MR) is 70.0 cm³/mol. The molecule has 2 fully saturated rings. The van der Waals surface area contributed by atoms with Gasteiger partial charge >= 0.3 is 5.97 Å². The lowest BCUT2D eigenvalue weighted by molar-refractivity contribution is -0.152. The largest absolute Gasteiger partial charge is 0.480 e. The van der Waals surface area contributed by atoms with Gasteiger partial charge in [-0.15, -0.1) is 0 Å². The van der Waals surface area contributed by atoms with E-state index in [0.717, 1.165) is 0 Å². The Balaban J connectivity index is 2.14. The molecule has 1 unspecified atom stereocenters. The second-order valence-corrected chi connectivity index (χ2v) is 7.64. The summed E-state index contributed by atoms with van der Waals surface area (Å²) in [6.45, 7) is 0.480. The Morgan fingerprint density at radius 3 is 2.40 bits per heavy atom. The van der Waals surface area contributed by atoms with Crippen LogP contribution in [0.3, 0.4) is 0 Å². The van der Waals surface area contributed by atoms with Crippen molar-refractivity contribution in [2.24, 2.45) is 0 Å². The van der Waals surface area contributed by atoms with Crippen molar-refractivity contribution >= 4 is 21.7 Å².